The Morgan fingerprint density at radius 3 is 2.68 bits per heavy atom. The van der Waals surface area contributed by atoms with Crippen molar-refractivity contribution < 1.29 is 8.42 Å². The van der Waals surface area contributed by atoms with Crippen molar-refractivity contribution >= 4 is 9.84 Å². The van der Waals surface area contributed by atoms with Gasteiger partial charge in [0, 0.05) is 19.3 Å². The second-order valence-corrected chi connectivity index (χ2v) is 8.77. The van der Waals surface area contributed by atoms with Crippen molar-refractivity contribution in [2.24, 2.45) is 11.8 Å². The molecule has 2 rings (SSSR count). The first-order valence-corrected chi connectivity index (χ1v) is 10.0. The van der Waals surface area contributed by atoms with Crippen LogP contribution in [0.15, 0.2) is 35.9 Å². The highest BCUT2D eigenvalue weighted by Crippen LogP contribution is 2.29. The van der Waals surface area contributed by atoms with Crippen molar-refractivity contribution in [3.8, 4) is 0 Å². The van der Waals surface area contributed by atoms with Crippen LogP contribution in [0, 0.1) is 11.8 Å². The zero-order valence-electron chi connectivity index (χ0n) is 13.8. The zero-order valence-corrected chi connectivity index (χ0v) is 14.6. The normalized spacial score (nSPS) is 22.4. The largest absolute Gasteiger partial charge is 0.312 e. The third kappa shape index (κ3) is 5.25. The fourth-order valence-corrected chi connectivity index (χ4v) is 4.03. The van der Waals surface area contributed by atoms with Gasteiger partial charge in [0.25, 0.3) is 0 Å². The quantitative estimate of drug-likeness (QED) is 0.818. The van der Waals surface area contributed by atoms with Gasteiger partial charge in [-0.3, -0.25) is 0 Å². The van der Waals surface area contributed by atoms with Crippen LogP contribution in [-0.4, -0.2) is 21.2 Å². The van der Waals surface area contributed by atoms with Gasteiger partial charge in [-0.05, 0) is 42.7 Å². The summed E-state index contributed by atoms with van der Waals surface area (Å²) < 4.78 is 22.8. The van der Waals surface area contributed by atoms with E-state index in [4.69, 9.17) is 0 Å². The van der Waals surface area contributed by atoms with Gasteiger partial charge in [0.15, 0.2) is 9.84 Å². The third-order valence-electron chi connectivity index (χ3n) is 4.47. The molecule has 0 saturated heterocycles. The van der Waals surface area contributed by atoms with Crippen molar-refractivity contribution in [3.63, 3.8) is 0 Å². The Hall–Kier alpha value is -1.13. The minimum absolute atomic E-state index is 0.113. The molecule has 122 valence electrons. The number of hydrogen-bond donors (Lipinski definition) is 1. The molecule has 0 aromatic heterocycles. The van der Waals surface area contributed by atoms with Crippen LogP contribution in [0.5, 0.6) is 0 Å². The topological polar surface area (TPSA) is 46.2 Å². The maximum absolute atomic E-state index is 11.4. The smallest absolute Gasteiger partial charge is 0.151 e. The van der Waals surface area contributed by atoms with Crippen molar-refractivity contribution in [2.75, 3.05) is 12.8 Å². The second kappa shape index (κ2) is 7.42. The number of allylic oxidation sites excluding steroid dienone is 1. The summed E-state index contributed by atoms with van der Waals surface area (Å²) in [6.07, 6.45) is 6.11. The van der Waals surface area contributed by atoms with E-state index < -0.39 is 9.84 Å². The van der Waals surface area contributed by atoms with E-state index in [0.717, 1.165) is 30.1 Å². The molecule has 0 amide bonds. The Kier molecular flexibility index (Phi) is 5.81. The number of sulfone groups is 1. The summed E-state index contributed by atoms with van der Waals surface area (Å²) in [5.74, 6) is 1.46. The van der Waals surface area contributed by atoms with Gasteiger partial charge in [0.1, 0.15) is 0 Å². The summed E-state index contributed by atoms with van der Waals surface area (Å²) in [4.78, 5) is 0. The van der Waals surface area contributed by atoms with E-state index >= 15 is 0 Å². The lowest BCUT2D eigenvalue weighted by atomic mass is 9.80. The fraction of sp³-hybridized carbons (Fsp3) is 0.556. The van der Waals surface area contributed by atoms with Crippen LogP contribution in [0.2, 0.25) is 0 Å². The van der Waals surface area contributed by atoms with Crippen molar-refractivity contribution in [3.05, 3.63) is 47.0 Å². The summed E-state index contributed by atoms with van der Waals surface area (Å²) in [6.45, 7) is 6.33. The molecule has 0 unspecified atom stereocenters. The third-order valence-corrected chi connectivity index (χ3v) is 5.33. The molecule has 1 aromatic carbocycles. The average molecular weight is 321 g/mol. The average Bonchev–Trinajstić information content (AvgIpc) is 2.40. The molecular formula is C18H27NO2S. The molecule has 0 fully saturated rings. The molecule has 1 aromatic rings. The predicted molar refractivity (Wildman–Crippen MR) is 92.3 cm³/mol. The van der Waals surface area contributed by atoms with E-state index in [1.807, 2.05) is 24.3 Å². The molecule has 0 spiro atoms. The van der Waals surface area contributed by atoms with Gasteiger partial charge >= 0.3 is 0 Å². The molecule has 0 bridgehead atoms. The maximum Gasteiger partial charge on any atom is 0.151 e. The number of rotatable bonds is 6. The van der Waals surface area contributed by atoms with Crippen LogP contribution in [0.25, 0.3) is 0 Å². The van der Waals surface area contributed by atoms with Crippen LogP contribution in [0.4, 0.5) is 0 Å². The molecule has 0 heterocycles. The van der Waals surface area contributed by atoms with Crippen molar-refractivity contribution in [1.29, 1.82) is 0 Å². The Morgan fingerprint density at radius 1 is 1.27 bits per heavy atom. The number of hydrogen-bond acceptors (Lipinski definition) is 3. The summed E-state index contributed by atoms with van der Waals surface area (Å²) in [7, 11) is -2.97. The lowest BCUT2D eigenvalue weighted by Gasteiger charge is -2.29. The van der Waals surface area contributed by atoms with Gasteiger partial charge in [-0.2, -0.15) is 0 Å². The monoisotopic (exact) mass is 321 g/mol. The Morgan fingerprint density at radius 2 is 2.00 bits per heavy atom. The molecule has 1 N–H and O–H groups in total. The van der Waals surface area contributed by atoms with Crippen LogP contribution >= 0.6 is 0 Å². The van der Waals surface area contributed by atoms with E-state index in [0.29, 0.717) is 5.92 Å². The molecule has 0 aliphatic heterocycles. The Balaban J connectivity index is 1.90. The van der Waals surface area contributed by atoms with Gasteiger partial charge in [0.05, 0.1) is 5.75 Å². The van der Waals surface area contributed by atoms with Crippen LogP contribution in [-0.2, 0) is 22.1 Å². The predicted octanol–water partition coefficient (Wildman–Crippen LogP) is 3.31. The lowest BCUT2D eigenvalue weighted by molar-refractivity contribution is 0.350. The van der Waals surface area contributed by atoms with Crippen molar-refractivity contribution in [1.82, 2.24) is 5.32 Å². The molecule has 1 aliphatic rings. The maximum atomic E-state index is 11.4. The molecule has 4 heteroatoms. The summed E-state index contributed by atoms with van der Waals surface area (Å²) in [6, 6.07) is 7.85. The highest BCUT2D eigenvalue weighted by molar-refractivity contribution is 7.89. The van der Waals surface area contributed by atoms with Gasteiger partial charge in [-0.15, -0.1) is 0 Å². The highest BCUT2D eigenvalue weighted by Gasteiger charge is 2.21. The molecule has 0 radical (unpaired) electrons. The molecule has 0 saturated carbocycles. The minimum atomic E-state index is -2.97. The summed E-state index contributed by atoms with van der Waals surface area (Å²) >= 11 is 0. The molecular weight excluding hydrogens is 294 g/mol. The highest BCUT2D eigenvalue weighted by atomic mass is 32.2. The van der Waals surface area contributed by atoms with Crippen LogP contribution < -0.4 is 5.32 Å². The van der Waals surface area contributed by atoms with E-state index in [2.05, 4.69) is 25.2 Å². The van der Waals surface area contributed by atoms with Gasteiger partial charge in [-0.1, -0.05) is 42.8 Å². The van der Waals surface area contributed by atoms with Gasteiger partial charge in [0.2, 0.25) is 0 Å². The fourth-order valence-electron chi connectivity index (χ4n) is 3.24. The van der Waals surface area contributed by atoms with Crippen LogP contribution in [0.3, 0.4) is 0 Å². The molecule has 3 nitrogen and oxygen atoms in total. The molecule has 1 aliphatic carbocycles. The number of nitrogens with one attached hydrogen (secondary N) is 1. The van der Waals surface area contributed by atoms with Crippen molar-refractivity contribution in [2.45, 2.75) is 39.0 Å². The first kappa shape index (κ1) is 17.2. The van der Waals surface area contributed by atoms with Crippen LogP contribution in [0.1, 0.15) is 37.8 Å². The number of benzene rings is 1. The van der Waals surface area contributed by atoms with Gasteiger partial charge < -0.3 is 5.32 Å². The molecule has 2 atom stereocenters. The van der Waals surface area contributed by atoms with E-state index in [1.165, 1.54) is 24.7 Å². The van der Waals surface area contributed by atoms with Gasteiger partial charge in [-0.25, -0.2) is 8.42 Å². The lowest BCUT2D eigenvalue weighted by Crippen LogP contribution is -2.29. The first-order valence-electron chi connectivity index (χ1n) is 7.98. The summed E-state index contributed by atoms with van der Waals surface area (Å²) in [5, 5.41) is 3.53. The minimum Gasteiger partial charge on any atom is -0.312 e. The van der Waals surface area contributed by atoms with E-state index in [-0.39, 0.29) is 5.75 Å². The Bertz CT molecular complexity index is 634. The standard InChI is InChI=1S/C18H27NO2S/c1-14-6-4-7-15(2)18(14)12-19-11-16-8-5-9-17(10-16)13-22(3,20)21/h5-6,8-10,15,18-19H,4,7,11-13H2,1-3H3/t15-,18-/m1/s1. The Labute approximate surface area is 134 Å². The van der Waals surface area contributed by atoms with E-state index in [9.17, 15) is 8.42 Å². The second-order valence-electron chi connectivity index (χ2n) is 6.63. The zero-order chi connectivity index (χ0) is 16.2. The van der Waals surface area contributed by atoms with E-state index in [1.54, 1.807) is 0 Å². The SMILES string of the molecule is CC1=CCC[C@@H](C)[C@@H]1CNCc1cccc(CS(C)(=O)=O)c1. The molecule has 22 heavy (non-hydrogen) atoms. The first-order chi connectivity index (χ1) is 10.3. The summed E-state index contributed by atoms with van der Waals surface area (Å²) in [5.41, 5.74) is 3.51.